The average molecular weight is 246 g/mol. The Morgan fingerprint density at radius 1 is 1.06 bits per heavy atom. The molecule has 0 aliphatic carbocycles. The Labute approximate surface area is 101 Å². The van der Waals surface area contributed by atoms with Gasteiger partial charge in [0.15, 0.2) is 0 Å². The number of hydrogen-bond donors (Lipinski definition) is 4. The molecule has 7 heteroatoms. The summed E-state index contributed by atoms with van der Waals surface area (Å²) < 4.78 is 5.01. The molecule has 0 aliphatic rings. The Hall–Kier alpha value is -1.50. The number of urea groups is 1. The minimum atomic E-state index is -0.518. The topological polar surface area (TPSA) is 105 Å². The second-order valence-corrected chi connectivity index (χ2v) is 4.40. The van der Waals surface area contributed by atoms with Gasteiger partial charge in [0.2, 0.25) is 0 Å². The molecule has 0 atom stereocenters. The third-order valence-electron chi connectivity index (χ3n) is 1.51. The van der Waals surface area contributed by atoms with Gasteiger partial charge in [0.1, 0.15) is 5.60 Å². The fourth-order valence-electron chi connectivity index (χ4n) is 0.903. The molecule has 17 heavy (non-hydrogen) atoms. The minimum absolute atomic E-state index is 0.304. The fourth-order valence-corrected chi connectivity index (χ4v) is 0.903. The van der Waals surface area contributed by atoms with E-state index in [9.17, 15) is 9.59 Å². The van der Waals surface area contributed by atoms with E-state index in [4.69, 9.17) is 10.5 Å². The first kappa shape index (κ1) is 15.5. The van der Waals surface area contributed by atoms with Crippen molar-refractivity contribution in [3.8, 4) is 0 Å². The molecule has 3 amide bonds. The van der Waals surface area contributed by atoms with Crippen molar-refractivity contribution in [3.05, 3.63) is 0 Å². The summed E-state index contributed by atoms with van der Waals surface area (Å²) in [5, 5.41) is 7.62. The van der Waals surface area contributed by atoms with Crippen LogP contribution >= 0.6 is 0 Å². The van der Waals surface area contributed by atoms with Gasteiger partial charge in [-0.1, -0.05) is 0 Å². The second kappa shape index (κ2) is 7.72. The van der Waals surface area contributed by atoms with Gasteiger partial charge in [-0.05, 0) is 20.8 Å². The van der Waals surface area contributed by atoms with Gasteiger partial charge in [-0.25, -0.2) is 9.59 Å². The zero-order valence-corrected chi connectivity index (χ0v) is 10.6. The zero-order chi connectivity index (χ0) is 13.3. The summed E-state index contributed by atoms with van der Waals surface area (Å²) >= 11 is 0. The van der Waals surface area contributed by atoms with Gasteiger partial charge in [-0.3, -0.25) is 0 Å². The van der Waals surface area contributed by atoms with E-state index >= 15 is 0 Å². The minimum Gasteiger partial charge on any atom is -0.444 e. The molecule has 0 heterocycles. The van der Waals surface area contributed by atoms with E-state index in [1.807, 2.05) is 0 Å². The molecular formula is C10H22N4O3. The molecule has 0 rings (SSSR count). The maximum Gasteiger partial charge on any atom is 0.407 e. The summed E-state index contributed by atoms with van der Waals surface area (Å²) in [6, 6.07) is -0.304. The van der Waals surface area contributed by atoms with Crippen LogP contribution in [0.4, 0.5) is 9.59 Å². The fraction of sp³-hybridized carbons (Fsp3) is 0.800. The molecule has 0 aromatic heterocycles. The Bertz CT molecular complexity index is 250. The lowest BCUT2D eigenvalue weighted by Crippen LogP contribution is -2.42. The van der Waals surface area contributed by atoms with Crippen molar-refractivity contribution in [1.82, 2.24) is 16.0 Å². The molecule has 0 aliphatic heterocycles. The van der Waals surface area contributed by atoms with Crippen molar-refractivity contribution >= 4 is 12.1 Å². The summed E-state index contributed by atoms with van der Waals surface area (Å²) in [7, 11) is 0. The molecule has 0 saturated heterocycles. The van der Waals surface area contributed by atoms with E-state index in [1.54, 1.807) is 20.8 Å². The molecule has 100 valence electrons. The van der Waals surface area contributed by atoms with Crippen molar-refractivity contribution in [2.24, 2.45) is 5.73 Å². The zero-order valence-electron chi connectivity index (χ0n) is 10.6. The summed E-state index contributed by atoms with van der Waals surface area (Å²) in [6.07, 6.45) is -0.498. The van der Waals surface area contributed by atoms with Crippen LogP contribution in [0.1, 0.15) is 20.8 Å². The number of nitrogens with one attached hydrogen (secondary N) is 3. The lowest BCUT2D eigenvalue weighted by Gasteiger charge is -2.19. The van der Waals surface area contributed by atoms with E-state index < -0.39 is 11.7 Å². The number of hydrogen-bond acceptors (Lipinski definition) is 4. The number of amides is 3. The molecule has 0 aromatic carbocycles. The van der Waals surface area contributed by atoms with Gasteiger partial charge < -0.3 is 26.4 Å². The number of rotatable bonds is 5. The lowest BCUT2D eigenvalue weighted by molar-refractivity contribution is 0.0528. The molecule has 0 radical (unpaired) electrons. The van der Waals surface area contributed by atoms with Crippen LogP contribution in [0, 0.1) is 0 Å². The van der Waals surface area contributed by atoms with Crippen LogP contribution in [-0.2, 0) is 4.74 Å². The van der Waals surface area contributed by atoms with Crippen LogP contribution in [0.2, 0.25) is 0 Å². The third kappa shape index (κ3) is 10.8. The monoisotopic (exact) mass is 246 g/mol. The molecule has 0 bridgehead atoms. The van der Waals surface area contributed by atoms with E-state index in [0.29, 0.717) is 26.2 Å². The van der Waals surface area contributed by atoms with Crippen LogP contribution < -0.4 is 21.7 Å². The summed E-state index contributed by atoms with van der Waals surface area (Å²) in [5.74, 6) is 0. The summed E-state index contributed by atoms with van der Waals surface area (Å²) in [6.45, 7) is 6.80. The van der Waals surface area contributed by atoms with Gasteiger partial charge >= 0.3 is 12.1 Å². The number of nitrogens with two attached hydrogens (primary N) is 1. The standard InChI is InChI=1S/C10H22N4O3/c1-10(2,3)17-9(16)14-7-6-13-8(15)12-5-4-11/h4-7,11H2,1-3H3,(H,14,16)(H2,12,13,15). The van der Waals surface area contributed by atoms with Gasteiger partial charge in [-0.15, -0.1) is 0 Å². The number of alkyl carbamates (subject to hydrolysis) is 1. The number of ether oxygens (including phenoxy) is 1. The summed E-state index contributed by atoms with van der Waals surface area (Å²) in [4.78, 5) is 22.3. The molecule has 0 aromatic rings. The van der Waals surface area contributed by atoms with Gasteiger partial charge in [0.25, 0.3) is 0 Å². The first-order valence-corrected chi connectivity index (χ1v) is 5.54. The first-order valence-electron chi connectivity index (χ1n) is 5.54. The van der Waals surface area contributed by atoms with Crippen LogP contribution in [0.15, 0.2) is 0 Å². The quantitative estimate of drug-likeness (QED) is 0.503. The highest BCUT2D eigenvalue weighted by Gasteiger charge is 2.15. The molecule has 5 N–H and O–H groups in total. The van der Waals surface area contributed by atoms with E-state index in [2.05, 4.69) is 16.0 Å². The van der Waals surface area contributed by atoms with Crippen LogP contribution in [0.3, 0.4) is 0 Å². The SMILES string of the molecule is CC(C)(C)OC(=O)NCCNC(=O)NCCN. The Balaban J connectivity index is 3.51. The summed E-state index contributed by atoms with van der Waals surface area (Å²) in [5.41, 5.74) is 4.70. The van der Waals surface area contributed by atoms with Crippen molar-refractivity contribution in [1.29, 1.82) is 0 Å². The Kier molecular flexibility index (Phi) is 7.04. The largest absolute Gasteiger partial charge is 0.444 e. The second-order valence-electron chi connectivity index (χ2n) is 4.40. The molecule has 0 saturated carbocycles. The lowest BCUT2D eigenvalue weighted by atomic mass is 10.2. The van der Waals surface area contributed by atoms with Crippen molar-refractivity contribution in [2.75, 3.05) is 26.2 Å². The molecule has 0 unspecified atom stereocenters. The highest BCUT2D eigenvalue weighted by atomic mass is 16.6. The molecule has 0 spiro atoms. The Morgan fingerprint density at radius 3 is 2.12 bits per heavy atom. The maximum absolute atomic E-state index is 11.2. The van der Waals surface area contributed by atoms with Crippen LogP contribution in [0.25, 0.3) is 0 Å². The molecule has 7 nitrogen and oxygen atoms in total. The molecule has 0 fully saturated rings. The predicted octanol–water partition coefficient (Wildman–Crippen LogP) is -0.231. The van der Waals surface area contributed by atoms with Crippen LogP contribution in [-0.4, -0.2) is 43.9 Å². The smallest absolute Gasteiger partial charge is 0.407 e. The highest BCUT2D eigenvalue weighted by Crippen LogP contribution is 2.05. The average Bonchev–Trinajstić information content (AvgIpc) is 2.19. The number of carbonyl (C=O) groups excluding carboxylic acids is 2. The third-order valence-corrected chi connectivity index (χ3v) is 1.51. The van der Waals surface area contributed by atoms with E-state index in [-0.39, 0.29) is 6.03 Å². The van der Waals surface area contributed by atoms with Gasteiger partial charge in [-0.2, -0.15) is 0 Å². The van der Waals surface area contributed by atoms with Crippen LogP contribution in [0.5, 0.6) is 0 Å². The van der Waals surface area contributed by atoms with E-state index in [1.165, 1.54) is 0 Å². The first-order chi connectivity index (χ1) is 7.85. The van der Waals surface area contributed by atoms with Gasteiger partial charge in [0.05, 0.1) is 0 Å². The van der Waals surface area contributed by atoms with Gasteiger partial charge in [0, 0.05) is 26.2 Å². The van der Waals surface area contributed by atoms with Crippen molar-refractivity contribution in [2.45, 2.75) is 26.4 Å². The number of carbonyl (C=O) groups is 2. The highest BCUT2D eigenvalue weighted by molar-refractivity contribution is 5.73. The van der Waals surface area contributed by atoms with E-state index in [0.717, 1.165) is 0 Å². The Morgan fingerprint density at radius 2 is 1.59 bits per heavy atom. The molecular weight excluding hydrogens is 224 g/mol. The normalized spacial score (nSPS) is 10.6. The van der Waals surface area contributed by atoms with Crippen molar-refractivity contribution in [3.63, 3.8) is 0 Å². The van der Waals surface area contributed by atoms with Crippen molar-refractivity contribution < 1.29 is 14.3 Å². The maximum atomic E-state index is 11.2. The predicted molar refractivity (Wildman–Crippen MR) is 64.7 cm³/mol.